The summed E-state index contributed by atoms with van der Waals surface area (Å²) in [4.78, 5) is 0. The summed E-state index contributed by atoms with van der Waals surface area (Å²) in [6, 6.07) is 29.9. The van der Waals surface area contributed by atoms with Gasteiger partial charge in [-0.05, 0) is 46.5 Å². The Kier molecular flexibility index (Phi) is 14.9. The maximum absolute atomic E-state index is 12.8. The van der Waals surface area contributed by atoms with Crippen LogP contribution in [0, 0.1) is 0 Å². The third-order valence-corrected chi connectivity index (χ3v) is 6.96. The molecule has 12 heteroatoms. The second-order valence-corrected chi connectivity index (χ2v) is 14.9. The molecule has 0 unspecified atom stereocenters. The van der Waals surface area contributed by atoms with Crippen LogP contribution in [0.15, 0.2) is 109 Å². The zero-order valence-electron chi connectivity index (χ0n) is 26.2. The number of benzene rings is 4. The van der Waals surface area contributed by atoms with Crippen LogP contribution >= 0.6 is 17.0 Å². The third-order valence-electron chi connectivity index (χ3n) is 6.96. The van der Waals surface area contributed by atoms with Crippen molar-refractivity contribution in [2.45, 2.75) is 25.4 Å². The zero-order chi connectivity index (χ0) is 35.5. The van der Waals surface area contributed by atoms with Crippen molar-refractivity contribution in [3.8, 4) is 33.8 Å². The van der Waals surface area contributed by atoms with Crippen LogP contribution in [-0.2, 0) is 33.2 Å². The summed E-state index contributed by atoms with van der Waals surface area (Å²) in [6.07, 6.45) is -8.65. The van der Waals surface area contributed by atoms with E-state index in [0.29, 0.717) is 33.0 Å². The van der Waals surface area contributed by atoms with Gasteiger partial charge in [-0.3, -0.25) is 0 Å². The summed E-state index contributed by atoms with van der Waals surface area (Å²) >= 11 is -0.826. The molecule has 0 aliphatic carbocycles. The van der Waals surface area contributed by atoms with Crippen LogP contribution < -0.4 is 9.47 Å². The number of halogens is 8. The van der Waals surface area contributed by atoms with E-state index >= 15 is 0 Å². The van der Waals surface area contributed by atoms with E-state index < -0.39 is 44.3 Å². The van der Waals surface area contributed by atoms with Crippen LogP contribution in [0.4, 0.5) is 26.3 Å². The fourth-order valence-electron chi connectivity index (χ4n) is 4.84. The molecule has 0 spiro atoms. The van der Waals surface area contributed by atoms with Crippen molar-refractivity contribution in [1.82, 2.24) is 0 Å². The molecular weight excluding hydrogens is 769 g/mol. The fourth-order valence-corrected chi connectivity index (χ4v) is 4.84. The number of methoxy groups -OCH3 is 2. The molecule has 0 amide bonds. The molecule has 0 saturated carbocycles. The number of fused-ring (bicyclic) bond motifs is 2. The van der Waals surface area contributed by atoms with Crippen LogP contribution in [0.2, 0.25) is 13.1 Å². The van der Waals surface area contributed by atoms with Crippen LogP contribution in [0.5, 0.6) is 11.5 Å². The van der Waals surface area contributed by atoms with Crippen LogP contribution in [-0.4, -0.2) is 23.7 Å². The normalized spacial score (nSPS) is 10.9. The molecule has 2 nitrogen and oxygen atoms in total. The Morgan fingerprint density at radius 3 is 1.17 bits per heavy atom. The molecule has 0 fully saturated rings. The average molecular weight is 799 g/mol. The molecule has 0 aromatic heterocycles. The van der Waals surface area contributed by atoms with E-state index in [-0.39, 0.29) is 0 Å². The molecule has 6 aromatic rings. The molecule has 0 aliphatic heterocycles. The first-order chi connectivity index (χ1) is 22.8. The Morgan fingerprint density at radius 1 is 0.583 bits per heavy atom. The molecule has 6 aromatic carbocycles. The molecule has 2 radical (unpaired) electrons. The van der Waals surface area contributed by atoms with Crippen molar-refractivity contribution in [3.63, 3.8) is 0 Å². The van der Waals surface area contributed by atoms with Crippen LogP contribution in [0.1, 0.15) is 11.1 Å². The average Bonchev–Trinajstić information content (AvgIpc) is 3.72. The first kappa shape index (κ1) is 39.4. The Hall–Kier alpha value is -3.04. The van der Waals surface area contributed by atoms with Gasteiger partial charge in [0, 0.05) is 9.52 Å². The molecular formula is C36H30Cl2F6O2SiZr. The molecule has 0 saturated heterocycles. The van der Waals surface area contributed by atoms with E-state index in [1.165, 1.54) is 24.3 Å². The minimum absolute atomic E-state index is 0.593. The van der Waals surface area contributed by atoms with Gasteiger partial charge in [0.1, 0.15) is 11.5 Å². The third kappa shape index (κ3) is 10.5. The number of rotatable bonds is 4. The molecule has 0 N–H and O–H groups in total. The van der Waals surface area contributed by atoms with E-state index in [0.717, 1.165) is 31.8 Å². The van der Waals surface area contributed by atoms with Gasteiger partial charge in [-0.25, -0.2) is 0 Å². The van der Waals surface area contributed by atoms with E-state index in [9.17, 15) is 26.3 Å². The van der Waals surface area contributed by atoms with Gasteiger partial charge in [-0.2, -0.15) is 38.5 Å². The van der Waals surface area contributed by atoms with Gasteiger partial charge < -0.3 is 9.47 Å². The second-order valence-electron chi connectivity index (χ2n) is 10.1. The van der Waals surface area contributed by atoms with Crippen molar-refractivity contribution in [2.24, 2.45) is 0 Å². The summed E-state index contributed by atoms with van der Waals surface area (Å²) < 4.78 is 87.2. The van der Waals surface area contributed by atoms with Crippen molar-refractivity contribution >= 4 is 48.1 Å². The predicted molar refractivity (Wildman–Crippen MR) is 182 cm³/mol. The fraction of sp³-hybridized carbons (Fsp3) is 0.167. The standard InChI is InChI=1S/2C17H12F3O.C2H6Si.2ClH.Zr/c2*1-21-14-7-5-11(6-8-14)15-4-2-3-12-9-13(10-16(12)15)17(18,19)20;1-3-2;;;/h2*2-10H,1H3;1-2H3;2*1H;/q2*-1;;;;+4/p-2. The van der Waals surface area contributed by atoms with Gasteiger partial charge in [-0.1, -0.05) is 60.6 Å². The molecule has 0 heterocycles. The van der Waals surface area contributed by atoms with Gasteiger partial charge in [0.25, 0.3) is 0 Å². The van der Waals surface area contributed by atoms with E-state index in [1.54, 1.807) is 62.8 Å². The van der Waals surface area contributed by atoms with Gasteiger partial charge >= 0.3 is 50.2 Å². The summed E-state index contributed by atoms with van der Waals surface area (Å²) in [5.41, 5.74) is 2.06. The van der Waals surface area contributed by atoms with Crippen LogP contribution in [0.3, 0.4) is 0 Å². The van der Waals surface area contributed by atoms with Gasteiger partial charge in [-0.15, -0.1) is 57.9 Å². The molecule has 0 atom stereocenters. The van der Waals surface area contributed by atoms with Gasteiger partial charge in [0.05, 0.1) is 14.2 Å². The van der Waals surface area contributed by atoms with Gasteiger partial charge in [0.15, 0.2) is 0 Å². The summed E-state index contributed by atoms with van der Waals surface area (Å²) in [5.74, 6) is 1.42. The van der Waals surface area contributed by atoms with Crippen molar-refractivity contribution < 1.29 is 56.7 Å². The Labute approximate surface area is 296 Å². The summed E-state index contributed by atoms with van der Waals surface area (Å²) in [7, 11) is 14.1. The van der Waals surface area contributed by atoms with Crippen molar-refractivity contribution in [2.75, 3.05) is 14.2 Å². The van der Waals surface area contributed by atoms with Gasteiger partial charge in [0.2, 0.25) is 0 Å². The Bertz CT molecular complexity index is 1730. The minimum atomic E-state index is -4.32. The molecule has 6 rings (SSSR count). The quantitative estimate of drug-likeness (QED) is 0.100. The second kappa shape index (κ2) is 18.1. The number of ether oxygens (including phenoxy) is 2. The number of hydrogen-bond donors (Lipinski definition) is 0. The predicted octanol–water partition coefficient (Wildman–Crippen LogP) is 12.7. The molecule has 0 aliphatic rings. The van der Waals surface area contributed by atoms with Crippen molar-refractivity contribution in [3.05, 3.63) is 120 Å². The van der Waals surface area contributed by atoms with Crippen molar-refractivity contribution in [1.29, 1.82) is 0 Å². The molecule has 0 bridgehead atoms. The SMILES string of the molecule is COc1ccc(-c2cccc3[cH-]c(C(F)(F)F)cc23)cc1.COc1ccc(-c2cccc3[cH-]c(C(F)(F)F)cc23)cc1.C[Si]C.[Cl][Zr+2][Cl]. The van der Waals surface area contributed by atoms with E-state index in [1.807, 2.05) is 36.4 Å². The van der Waals surface area contributed by atoms with E-state index in [2.05, 4.69) is 13.1 Å². The first-order valence-electron chi connectivity index (χ1n) is 14.2. The molecule has 48 heavy (non-hydrogen) atoms. The molecule has 250 valence electrons. The first-order valence-corrected chi connectivity index (χ1v) is 22.5. The number of alkyl halides is 6. The van der Waals surface area contributed by atoms with E-state index in [4.69, 9.17) is 26.5 Å². The Morgan fingerprint density at radius 2 is 0.896 bits per heavy atom. The van der Waals surface area contributed by atoms with Crippen LogP contribution in [0.25, 0.3) is 43.8 Å². The Balaban J connectivity index is 0.000000224. The number of hydrogen-bond acceptors (Lipinski definition) is 2. The maximum atomic E-state index is 12.8. The zero-order valence-corrected chi connectivity index (χ0v) is 31.2. The summed E-state index contributed by atoms with van der Waals surface area (Å²) in [5, 5.41) is 2.40. The topological polar surface area (TPSA) is 18.5 Å². The monoisotopic (exact) mass is 796 g/mol. The summed E-state index contributed by atoms with van der Waals surface area (Å²) in [6.45, 7) is 4.31.